The average Bonchev–Trinajstić information content (AvgIpc) is 2.52. The molecule has 2 aromatic rings. The summed E-state index contributed by atoms with van der Waals surface area (Å²) in [4.78, 5) is 4.30. The van der Waals surface area contributed by atoms with E-state index in [4.69, 9.17) is 32.7 Å². The predicted molar refractivity (Wildman–Crippen MR) is 90.6 cm³/mol. The SMILES string of the molecule is COc1ccc(CNc2c(Cl)c(C)nc(C)c2Cl)cc1OC. The molecule has 0 spiro atoms. The van der Waals surface area contributed by atoms with Crippen molar-refractivity contribution in [3.05, 3.63) is 45.2 Å². The van der Waals surface area contributed by atoms with Crippen molar-refractivity contribution in [3.63, 3.8) is 0 Å². The van der Waals surface area contributed by atoms with Crippen LogP contribution in [0.15, 0.2) is 18.2 Å². The highest BCUT2D eigenvalue weighted by atomic mass is 35.5. The zero-order chi connectivity index (χ0) is 16.3. The number of halogens is 2. The van der Waals surface area contributed by atoms with Gasteiger partial charge in [0.2, 0.25) is 0 Å². The molecule has 118 valence electrons. The zero-order valence-electron chi connectivity index (χ0n) is 13.0. The van der Waals surface area contributed by atoms with Crippen LogP contribution in [0, 0.1) is 13.8 Å². The smallest absolute Gasteiger partial charge is 0.161 e. The van der Waals surface area contributed by atoms with E-state index in [-0.39, 0.29) is 0 Å². The van der Waals surface area contributed by atoms with Crippen molar-refractivity contribution in [1.82, 2.24) is 4.98 Å². The van der Waals surface area contributed by atoms with E-state index in [2.05, 4.69) is 10.3 Å². The van der Waals surface area contributed by atoms with Gasteiger partial charge in [0.15, 0.2) is 11.5 Å². The Morgan fingerprint density at radius 1 is 1.00 bits per heavy atom. The summed E-state index contributed by atoms with van der Waals surface area (Å²) in [5.41, 5.74) is 3.22. The van der Waals surface area contributed by atoms with Crippen molar-refractivity contribution in [2.45, 2.75) is 20.4 Å². The third-order valence-corrected chi connectivity index (χ3v) is 4.25. The molecular formula is C16H18Cl2N2O2. The Kier molecular flexibility index (Phi) is 5.37. The van der Waals surface area contributed by atoms with Gasteiger partial charge in [-0.25, -0.2) is 0 Å². The van der Waals surface area contributed by atoms with Gasteiger partial charge >= 0.3 is 0 Å². The van der Waals surface area contributed by atoms with Crippen LogP contribution < -0.4 is 14.8 Å². The first-order valence-electron chi connectivity index (χ1n) is 6.75. The average molecular weight is 341 g/mol. The Hall–Kier alpha value is -1.65. The summed E-state index contributed by atoms with van der Waals surface area (Å²) in [5, 5.41) is 4.34. The normalized spacial score (nSPS) is 10.5. The molecule has 0 bridgehead atoms. The van der Waals surface area contributed by atoms with Gasteiger partial charge in [0, 0.05) is 6.54 Å². The molecular weight excluding hydrogens is 323 g/mol. The molecule has 1 aromatic carbocycles. The molecule has 1 aromatic heterocycles. The lowest BCUT2D eigenvalue weighted by molar-refractivity contribution is 0.354. The quantitative estimate of drug-likeness (QED) is 0.861. The maximum absolute atomic E-state index is 6.29. The summed E-state index contributed by atoms with van der Waals surface area (Å²) in [6.45, 7) is 4.27. The number of nitrogens with zero attached hydrogens (tertiary/aromatic N) is 1. The van der Waals surface area contributed by atoms with Crippen LogP contribution in [-0.2, 0) is 6.54 Å². The summed E-state index contributed by atoms with van der Waals surface area (Å²) >= 11 is 12.6. The molecule has 0 fully saturated rings. The third kappa shape index (κ3) is 3.39. The second-order valence-corrected chi connectivity index (χ2v) is 5.58. The van der Waals surface area contributed by atoms with Crippen LogP contribution in [0.1, 0.15) is 17.0 Å². The summed E-state index contributed by atoms with van der Waals surface area (Å²) in [5.74, 6) is 1.37. The molecule has 0 saturated heterocycles. The monoisotopic (exact) mass is 340 g/mol. The zero-order valence-corrected chi connectivity index (χ0v) is 14.5. The molecule has 22 heavy (non-hydrogen) atoms. The number of nitrogens with one attached hydrogen (secondary N) is 1. The molecule has 0 aliphatic heterocycles. The number of aromatic nitrogens is 1. The van der Waals surface area contributed by atoms with Crippen LogP contribution in [0.5, 0.6) is 11.5 Å². The number of methoxy groups -OCH3 is 2. The van der Waals surface area contributed by atoms with Crippen molar-refractivity contribution in [1.29, 1.82) is 0 Å². The Balaban J connectivity index is 2.24. The fraction of sp³-hybridized carbons (Fsp3) is 0.312. The fourth-order valence-electron chi connectivity index (χ4n) is 2.14. The summed E-state index contributed by atoms with van der Waals surface area (Å²) < 4.78 is 10.5. The van der Waals surface area contributed by atoms with Crippen molar-refractivity contribution in [2.24, 2.45) is 0 Å². The van der Waals surface area contributed by atoms with E-state index >= 15 is 0 Å². The Bertz CT molecular complexity index is 664. The summed E-state index contributed by atoms with van der Waals surface area (Å²) in [6, 6.07) is 5.73. The van der Waals surface area contributed by atoms with E-state index in [1.54, 1.807) is 14.2 Å². The highest BCUT2D eigenvalue weighted by Crippen LogP contribution is 2.35. The molecule has 0 radical (unpaired) electrons. The van der Waals surface area contributed by atoms with Gasteiger partial charge in [-0.1, -0.05) is 29.3 Å². The van der Waals surface area contributed by atoms with Gasteiger partial charge in [0.05, 0.1) is 41.3 Å². The maximum atomic E-state index is 6.29. The number of hydrogen-bond acceptors (Lipinski definition) is 4. The first-order chi connectivity index (χ1) is 10.5. The first-order valence-corrected chi connectivity index (χ1v) is 7.50. The third-order valence-electron chi connectivity index (χ3n) is 3.33. The van der Waals surface area contributed by atoms with E-state index in [0.29, 0.717) is 33.8 Å². The Morgan fingerprint density at radius 3 is 2.14 bits per heavy atom. The minimum Gasteiger partial charge on any atom is -0.493 e. The first kappa shape index (κ1) is 16.7. The molecule has 4 nitrogen and oxygen atoms in total. The lowest BCUT2D eigenvalue weighted by Crippen LogP contribution is -2.04. The molecule has 6 heteroatoms. The molecule has 1 N–H and O–H groups in total. The predicted octanol–water partition coefficient (Wildman–Crippen LogP) is 4.63. The summed E-state index contributed by atoms with van der Waals surface area (Å²) in [6.07, 6.45) is 0. The molecule has 0 unspecified atom stereocenters. The van der Waals surface area contributed by atoms with Gasteiger partial charge in [-0.15, -0.1) is 0 Å². The number of rotatable bonds is 5. The molecule has 0 saturated carbocycles. The van der Waals surface area contributed by atoms with Crippen molar-refractivity contribution in [2.75, 3.05) is 19.5 Å². The minimum atomic E-state index is 0.538. The van der Waals surface area contributed by atoms with E-state index in [1.165, 1.54) is 0 Å². The molecule has 0 amide bonds. The van der Waals surface area contributed by atoms with Crippen LogP contribution in [0.4, 0.5) is 5.69 Å². The van der Waals surface area contributed by atoms with E-state index in [1.807, 2.05) is 32.0 Å². The van der Waals surface area contributed by atoms with Gasteiger partial charge < -0.3 is 14.8 Å². The number of benzene rings is 1. The Labute approximate surface area is 140 Å². The Morgan fingerprint density at radius 2 is 1.59 bits per heavy atom. The van der Waals surface area contributed by atoms with Gasteiger partial charge in [0.1, 0.15) is 0 Å². The van der Waals surface area contributed by atoms with Crippen LogP contribution in [0.2, 0.25) is 10.0 Å². The molecule has 0 aliphatic rings. The summed E-state index contributed by atoms with van der Waals surface area (Å²) in [7, 11) is 3.22. The number of pyridine rings is 1. The van der Waals surface area contributed by atoms with Crippen LogP contribution >= 0.6 is 23.2 Å². The van der Waals surface area contributed by atoms with Crippen LogP contribution in [0.3, 0.4) is 0 Å². The molecule has 0 atom stereocenters. The maximum Gasteiger partial charge on any atom is 0.161 e. The number of aryl methyl sites for hydroxylation is 2. The standard InChI is InChI=1S/C16H18Cl2N2O2/c1-9-14(17)16(15(18)10(2)20-9)19-8-11-5-6-12(21-3)13(7-11)22-4/h5-7H,8H2,1-4H3,(H,19,20). The number of anilines is 1. The largest absolute Gasteiger partial charge is 0.493 e. The topological polar surface area (TPSA) is 43.4 Å². The molecule has 2 rings (SSSR count). The van der Waals surface area contributed by atoms with Crippen LogP contribution in [-0.4, -0.2) is 19.2 Å². The second-order valence-electron chi connectivity index (χ2n) is 4.83. The highest BCUT2D eigenvalue weighted by Gasteiger charge is 2.13. The van der Waals surface area contributed by atoms with Gasteiger partial charge in [-0.3, -0.25) is 4.98 Å². The minimum absolute atomic E-state index is 0.538. The number of hydrogen-bond donors (Lipinski definition) is 1. The lowest BCUT2D eigenvalue weighted by Gasteiger charge is -2.15. The van der Waals surface area contributed by atoms with Gasteiger partial charge in [-0.05, 0) is 31.5 Å². The molecule has 0 aliphatic carbocycles. The number of ether oxygens (including phenoxy) is 2. The highest BCUT2D eigenvalue weighted by molar-refractivity contribution is 6.39. The van der Waals surface area contributed by atoms with Crippen LogP contribution in [0.25, 0.3) is 0 Å². The van der Waals surface area contributed by atoms with E-state index in [9.17, 15) is 0 Å². The fourth-order valence-corrected chi connectivity index (χ4v) is 2.60. The van der Waals surface area contributed by atoms with Gasteiger partial charge in [-0.2, -0.15) is 0 Å². The van der Waals surface area contributed by atoms with Crippen molar-refractivity contribution < 1.29 is 9.47 Å². The van der Waals surface area contributed by atoms with Crippen molar-refractivity contribution in [3.8, 4) is 11.5 Å². The van der Waals surface area contributed by atoms with Crippen molar-refractivity contribution >= 4 is 28.9 Å². The van der Waals surface area contributed by atoms with Gasteiger partial charge in [0.25, 0.3) is 0 Å². The van der Waals surface area contributed by atoms with E-state index in [0.717, 1.165) is 17.0 Å². The molecule has 1 heterocycles. The van der Waals surface area contributed by atoms with E-state index < -0.39 is 0 Å². The lowest BCUT2D eigenvalue weighted by atomic mass is 10.2. The second kappa shape index (κ2) is 7.07.